The van der Waals surface area contributed by atoms with E-state index >= 15 is 0 Å². The highest BCUT2D eigenvalue weighted by Gasteiger charge is 2.27. The molecule has 7 nitrogen and oxygen atoms in total. The number of carbonyl (C=O) groups excluding carboxylic acids is 2. The summed E-state index contributed by atoms with van der Waals surface area (Å²) in [5, 5.41) is 2.88. The van der Waals surface area contributed by atoms with Crippen molar-refractivity contribution in [1.29, 1.82) is 0 Å². The van der Waals surface area contributed by atoms with Crippen LogP contribution in [0.5, 0.6) is 11.5 Å². The van der Waals surface area contributed by atoms with Gasteiger partial charge in [0.15, 0.2) is 0 Å². The highest BCUT2D eigenvalue weighted by atomic mass is 16.5. The highest BCUT2D eigenvalue weighted by molar-refractivity contribution is 5.95. The maximum absolute atomic E-state index is 12.2. The smallest absolute Gasteiger partial charge is 0.253 e. The molecule has 1 saturated heterocycles. The van der Waals surface area contributed by atoms with Crippen LogP contribution in [0.15, 0.2) is 54.6 Å². The van der Waals surface area contributed by atoms with Crippen LogP contribution >= 0.6 is 0 Å². The van der Waals surface area contributed by atoms with Gasteiger partial charge in [-0.3, -0.25) is 9.59 Å². The van der Waals surface area contributed by atoms with E-state index < -0.39 is 0 Å². The van der Waals surface area contributed by atoms with Crippen LogP contribution in [0.3, 0.4) is 0 Å². The third-order valence-corrected chi connectivity index (χ3v) is 4.60. The van der Waals surface area contributed by atoms with Crippen molar-refractivity contribution in [3.63, 3.8) is 0 Å². The summed E-state index contributed by atoms with van der Waals surface area (Å²) in [4.78, 5) is 25.9. The lowest BCUT2D eigenvalue weighted by Crippen LogP contribution is -2.50. The van der Waals surface area contributed by atoms with E-state index in [4.69, 9.17) is 14.2 Å². The topological polar surface area (TPSA) is 77.1 Å². The van der Waals surface area contributed by atoms with Gasteiger partial charge in [-0.25, -0.2) is 0 Å². The predicted molar refractivity (Wildman–Crippen MR) is 109 cm³/mol. The third kappa shape index (κ3) is 6.22. The second-order valence-electron chi connectivity index (χ2n) is 6.70. The molecule has 1 aliphatic heterocycles. The molecule has 1 unspecified atom stereocenters. The van der Waals surface area contributed by atoms with E-state index in [-0.39, 0.29) is 24.5 Å². The number of benzene rings is 2. The number of carbonyl (C=O) groups is 2. The second kappa shape index (κ2) is 10.5. The van der Waals surface area contributed by atoms with Gasteiger partial charge in [0.2, 0.25) is 5.91 Å². The summed E-state index contributed by atoms with van der Waals surface area (Å²) < 4.78 is 16.3. The minimum absolute atomic E-state index is 0.00250. The highest BCUT2D eigenvalue weighted by Crippen LogP contribution is 2.22. The first-order valence-corrected chi connectivity index (χ1v) is 9.66. The Hall–Kier alpha value is -3.06. The molecule has 0 aliphatic carbocycles. The van der Waals surface area contributed by atoms with Gasteiger partial charge in [-0.05, 0) is 42.8 Å². The Labute approximate surface area is 170 Å². The molecule has 0 spiro atoms. The summed E-state index contributed by atoms with van der Waals surface area (Å²) >= 11 is 0. The molecule has 29 heavy (non-hydrogen) atoms. The molecular formula is C22H26N2O5. The minimum Gasteiger partial charge on any atom is -0.497 e. The Kier molecular flexibility index (Phi) is 7.47. The van der Waals surface area contributed by atoms with Crippen molar-refractivity contribution in [3.8, 4) is 11.5 Å². The Balaban J connectivity index is 1.39. The van der Waals surface area contributed by atoms with E-state index in [9.17, 15) is 9.59 Å². The maximum atomic E-state index is 12.2. The second-order valence-corrected chi connectivity index (χ2v) is 6.70. The number of hydrogen-bond donors (Lipinski definition) is 1. The van der Waals surface area contributed by atoms with E-state index in [0.717, 1.165) is 17.2 Å². The summed E-state index contributed by atoms with van der Waals surface area (Å²) in [6.07, 6.45) is 0.753. The van der Waals surface area contributed by atoms with Crippen molar-refractivity contribution in [2.45, 2.75) is 18.9 Å². The minimum atomic E-state index is -0.251. The molecule has 2 amide bonds. The summed E-state index contributed by atoms with van der Waals surface area (Å²) in [5.41, 5.74) is 0.786. The Morgan fingerprint density at radius 2 is 1.90 bits per heavy atom. The third-order valence-electron chi connectivity index (χ3n) is 4.60. The number of nitrogens with one attached hydrogen (secondary N) is 1. The average Bonchev–Trinajstić information content (AvgIpc) is 2.77. The number of morpholine rings is 1. The molecule has 2 aromatic carbocycles. The van der Waals surface area contributed by atoms with E-state index in [1.807, 2.05) is 54.6 Å². The first-order chi connectivity index (χ1) is 14.2. The molecule has 0 radical (unpaired) electrons. The molecule has 1 N–H and O–H groups in total. The molecular weight excluding hydrogens is 372 g/mol. The molecule has 3 rings (SSSR count). The van der Waals surface area contributed by atoms with Gasteiger partial charge in [-0.1, -0.05) is 18.2 Å². The van der Waals surface area contributed by atoms with Crippen LogP contribution in [0, 0.1) is 0 Å². The van der Waals surface area contributed by atoms with Crippen LogP contribution in [0.2, 0.25) is 0 Å². The predicted octanol–water partition coefficient (Wildman–Crippen LogP) is 2.40. The van der Waals surface area contributed by atoms with Crippen LogP contribution in [-0.2, 0) is 14.3 Å². The normalized spacial score (nSPS) is 16.4. The maximum Gasteiger partial charge on any atom is 0.253 e. The van der Waals surface area contributed by atoms with Gasteiger partial charge in [0, 0.05) is 18.7 Å². The van der Waals surface area contributed by atoms with Crippen molar-refractivity contribution in [1.82, 2.24) is 5.32 Å². The van der Waals surface area contributed by atoms with Crippen LogP contribution in [-0.4, -0.2) is 51.3 Å². The molecule has 1 heterocycles. The molecule has 2 aromatic rings. The lowest BCUT2D eigenvalue weighted by molar-refractivity contribution is -0.129. The standard InChI is InChI=1S/C22H26N2O5/c1-27-18-11-9-17(10-12-18)24-15-20(29-16-22(24)26)14-23-21(25)8-5-13-28-19-6-3-2-4-7-19/h2-4,6-7,9-12,20H,5,8,13-16H2,1H3,(H,23,25). The SMILES string of the molecule is COc1ccc(N2CC(CNC(=O)CCCOc3ccccc3)OCC2=O)cc1. The Morgan fingerprint density at radius 3 is 2.62 bits per heavy atom. The summed E-state index contributed by atoms with van der Waals surface area (Å²) in [5.74, 6) is 1.37. The summed E-state index contributed by atoms with van der Waals surface area (Å²) in [6.45, 7) is 1.23. The molecule has 1 fully saturated rings. The van der Waals surface area contributed by atoms with Crippen LogP contribution < -0.4 is 19.7 Å². The fraction of sp³-hybridized carbons (Fsp3) is 0.364. The fourth-order valence-electron chi connectivity index (χ4n) is 3.02. The molecule has 0 bridgehead atoms. The van der Waals surface area contributed by atoms with Crippen molar-refractivity contribution in [2.24, 2.45) is 0 Å². The summed E-state index contributed by atoms with van der Waals surface area (Å²) in [7, 11) is 1.60. The number of rotatable bonds is 9. The molecule has 7 heteroatoms. The number of amides is 2. The molecule has 0 aromatic heterocycles. The molecule has 0 saturated carbocycles. The molecule has 1 atom stereocenters. The van der Waals surface area contributed by atoms with E-state index in [2.05, 4.69) is 5.32 Å². The van der Waals surface area contributed by atoms with Gasteiger partial charge >= 0.3 is 0 Å². The zero-order valence-electron chi connectivity index (χ0n) is 16.5. The molecule has 1 aliphatic rings. The van der Waals surface area contributed by atoms with Crippen LogP contribution in [0.25, 0.3) is 0 Å². The van der Waals surface area contributed by atoms with Crippen LogP contribution in [0.4, 0.5) is 5.69 Å². The van der Waals surface area contributed by atoms with E-state index in [1.54, 1.807) is 12.0 Å². The van der Waals surface area contributed by atoms with E-state index in [0.29, 0.717) is 32.5 Å². The van der Waals surface area contributed by atoms with Crippen molar-refractivity contribution in [2.75, 3.05) is 38.3 Å². The van der Waals surface area contributed by atoms with Gasteiger partial charge in [0.25, 0.3) is 5.91 Å². The van der Waals surface area contributed by atoms with Gasteiger partial charge in [-0.15, -0.1) is 0 Å². The fourth-order valence-corrected chi connectivity index (χ4v) is 3.02. The first kappa shape index (κ1) is 20.7. The van der Waals surface area contributed by atoms with E-state index in [1.165, 1.54) is 0 Å². The van der Waals surface area contributed by atoms with Gasteiger partial charge in [-0.2, -0.15) is 0 Å². The zero-order valence-corrected chi connectivity index (χ0v) is 16.5. The number of methoxy groups -OCH3 is 1. The molecule has 154 valence electrons. The summed E-state index contributed by atoms with van der Waals surface area (Å²) in [6, 6.07) is 16.8. The largest absolute Gasteiger partial charge is 0.497 e. The Bertz CT molecular complexity index is 795. The Morgan fingerprint density at radius 1 is 1.14 bits per heavy atom. The number of nitrogens with zero attached hydrogens (tertiary/aromatic N) is 1. The number of ether oxygens (including phenoxy) is 3. The quantitative estimate of drug-likeness (QED) is 0.657. The van der Waals surface area contributed by atoms with Crippen molar-refractivity contribution < 1.29 is 23.8 Å². The monoisotopic (exact) mass is 398 g/mol. The van der Waals surface area contributed by atoms with Crippen molar-refractivity contribution in [3.05, 3.63) is 54.6 Å². The number of para-hydroxylation sites is 1. The van der Waals surface area contributed by atoms with Crippen molar-refractivity contribution >= 4 is 17.5 Å². The zero-order chi connectivity index (χ0) is 20.5. The van der Waals surface area contributed by atoms with Gasteiger partial charge in [0.1, 0.15) is 18.1 Å². The number of hydrogen-bond acceptors (Lipinski definition) is 5. The average molecular weight is 398 g/mol. The van der Waals surface area contributed by atoms with Gasteiger partial charge in [0.05, 0.1) is 26.4 Å². The van der Waals surface area contributed by atoms with Crippen LogP contribution in [0.1, 0.15) is 12.8 Å². The lowest BCUT2D eigenvalue weighted by Gasteiger charge is -2.33. The lowest BCUT2D eigenvalue weighted by atomic mass is 10.2. The number of anilines is 1. The van der Waals surface area contributed by atoms with Gasteiger partial charge < -0.3 is 24.4 Å². The first-order valence-electron chi connectivity index (χ1n) is 9.66.